The Balaban J connectivity index is 1.24. The van der Waals surface area contributed by atoms with Crippen molar-refractivity contribution >= 4 is 29.5 Å². The number of benzene rings is 1. The van der Waals surface area contributed by atoms with Crippen LogP contribution in [0.1, 0.15) is 49.2 Å². The molecule has 9 nitrogen and oxygen atoms in total. The van der Waals surface area contributed by atoms with E-state index in [0.717, 1.165) is 37.9 Å². The Morgan fingerprint density at radius 1 is 1.25 bits per heavy atom. The smallest absolute Gasteiger partial charge is 0.330 e. The third-order valence-electron chi connectivity index (χ3n) is 7.32. The zero-order valence-corrected chi connectivity index (χ0v) is 21.6. The van der Waals surface area contributed by atoms with Gasteiger partial charge in [0.25, 0.3) is 5.91 Å². The lowest BCUT2D eigenvalue weighted by atomic mass is 9.94. The van der Waals surface area contributed by atoms with Gasteiger partial charge in [-0.15, -0.1) is 11.8 Å². The van der Waals surface area contributed by atoms with Gasteiger partial charge in [-0.3, -0.25) is 9.59 Å². The standard InChI is InChI=1S/C26H32N4O5S/c1-15-18(19(29-35-15)17-7-5-4-6-8-17)22(31)28-20-23(32)30-21(26(2,3)36-24(20)30)25(33)34-14-11-16-9-12-27-13-10-16/h4-8,16,20-21,24,27H,9-14H2,1-3H3,(H,28,31)/t20-,21+,24-/m1/s1. The van der Waals surface area contributed by atoms with E-state index in [2.05, 4.69) is 15.8 Å². The summed E-state index contributed by atoms with van der Waals surface area (Å²) in [5.41, 5.74) is 1.50. The van der Waals surface area contributed by atoms with Crippen molar-refractivity contribution in [1.29, 1.82) is 0 Å². The van der Waals surface area contributed by atoms with Crippen molar-refractivity contribution in [2.45, 2.75) is 62.2 Å². The van der Waals surface area contributed by atoms with E-state index in [1.807, 2.05) is 44.2 Å². The molecule has 10 heteroatoms. The number of amides is 2. The van der Waals surface area contributed by atoms with Crippen LogP contribution in [0.25, 0.3) is 11.3 Å². The van der Waals surface area contributed by atoms with E-state index < -0.39 is 22.7 Å². The summed E-state index contributed by atoms with van der Waals surface area (Å²) in [7, 11) is 0. The van der Waals surface area contributed by atoms with Gasteiger partial charge in [-0.25, -0.2) is 4.79 Å². The molecule has 3 atom stereocenters. The van der Waals surface area contributed by atoms with Crippen LogP contribution in [0.2, 0.25) is 0 Å². The molecule has 0 radical (unpaired) electrons. The molecule has 3 aliphatic heterocycles. The minimum absolute atomic E-state index is 0.276. The molecule has 5 rings (SSSR count). The van der Waals surface area contributed by atoms with Crippen LogP contribution in [-0.4, -0.2) is 69.7 Å². The van der Waals surface area contributed by atoms with Crippen LogP contribution in [0, 0.1) is 12.8 Å². The van der Waals surface area contributed by atoms with Crippen LogP contribution in [0.3, 0.4) is 0 Å². The Hall–Kier alpha value is -2.85. The highest BCUT2D eigenvalue weighted by Gasteiger charge is 2.64. The maximum Gasteiger partial charge on any atom is 0.330 e. The molecule has 4 heterocycles. The summed E-state index contributed by atoms with van der Waals surface area (Å²) in [6.45, 7) is 7.93. The lowest BCUT2D eigenvalue weighted by molar-refractivity contribution is -0.163. The number of hydrogen-bond donors (Lipinski definition) is 2. The normalized spacial score (nSPS) is 25.2. The first-order chi connectivity index (χ1) is 17.3. The van der Waals surface area contributed by atoms with E-state index in [1.165, 1.54) is 11.8 Å². The van der Waals surface area contributed by atoms with Gasteiger partial charge in [-0.05, 0) is 59.0 Å². The molecule has 2 amide bonds. The number of aryl methyl sites for hydroxylation is 1. The molecular weight excluding hydrogens is 480 g/mol. The van der Waals surface area contributed by atoms with E-state index in [-0.39, 0.29) is 17.3 Å². The maximum atomic E-state index is 13.2. The predicted octanol–water partition coefficient (Wildman–Crippen LogP) is 2.74. The molecule has 3 saturated heterocycles. The zero-order valence-electron chi connectivity index (χ0n) is 20.8. The minimum atomic E-state index is -0.729. The van der Waals surface area contributed by atoms with E-state index >= 15 is 0 Å². The lowest BCUT2D eigenvalue weighted by Crippen LogP contribution is -2.70. The van der Waals surface area contributed by atoms with E-state index in [4.69, 9.17) is 9.26 Å². The molecule has 2 aromatic rings. The summed E-state index contributed by atoms with van der Waals surface area (Å²) >= 11 is 1.51. The molecule has 36 heavy (non-hydrogen) atoms. The highest BCUT2D eigenvalue weighted by atomic mass is 32.2. The van der Waals surface area contributed by atoms with Crippen molar-refractivity contribution < 1.29 is 23.6 Å². The van der Waals surface area contributed by atoms with E-state index in [1.54, 1.807) is 11.8 Å². The number of hydrogen-bond acceptors (Lipinski definition) is 8. The Kier molecular flexibility index (Phi) is 6.82. The third-order valence-corrected chi connectivity index (χ3v) is 8.89. The summed E-state index contributed by atoms with van der Waals surface area (Å²) in [6, 6.07) is 7.88. The molecule has 1 aromatic carbocycles. The molecule has 0 unspecified atom stereocenters. The van der Waals surface area contributed by atoms with Crippen LogP contribution in [0.5, 0.6) is 0 Å². The van der Waals surface area contributed by atoms with Crippen molar-refractivity contribution in [3.05, 3.63) is 41.7 Å². The quantitative estimate of drug-likeness (QED) is 0.430. The second-order valence-electron chi connectivity index (χ2n) is 10.2. The van der Waals surface area contributed by atoms with Crippen molar-refractivity contribution in [1.82, 2.24) is 20.7 Å². The Morgan fingerprint density at radius 2 is 1.97 bits per heavy atom. The highest BCUT2D eigenvalue weighted by Crippen LogP contribution is 2.51. The van der Waals surface area contributed by atoms with Crippen LogP contribution >= 0.6 is 11.8 Å². The molecule has 0 saturated carbocycles. The first kappa shape index (κ1) is 24.8. The topological polar surface area (TPSA) is 114 Å². The van der Waals surface area contributed by atoms with Gasteiger partial charge < -0.3 is 24.8 Å². The molecule has 0 aliphatic carbocycles. The summed E-state index contributed by atoms with van der Waals surface area (Å²) in [5, 5.41) is 9.93. The number of nitrogens with one attached hydrogen (secondary N) is 2. The van der Waals surface area contributed by atoms with Crippen LogP contribution < -0.4 is 10.6 Å². The number of carbonyl (C=O) groups is 3. The van der Waals surface area contributed by atoms with Gasteiger partial charge in [-0.2, -0.15) is 0 Å². The summed E-state index contributed by atoms with van der Waals surface area (Å²) in [5.74, 6) is -0.128. The first-order valence-corrected chi connectivity index (χ1v) is 13.4. The Bertz CT molecular complexity index is 1140. The maximum absolute atomic E-state index is 13.2. The number of aromatic nitrogens is 1. The average molecular weight is 513 g/mol. The fourth-order valence-electron chi connectivity index (χ4n) is 5.35. The van der Waals surface area contributed by atoms with Gasteiger partial charge >= 0.3 is 5.97 Å². The fraction of sp³-hybridized carbons (Fsp3) is 0.538. The molecule has 3 fully saturated rings. The van der Waals surface area contributed by atoms with Crippen molar-refractivity contribution in [2.24, 2.45) is 5.92 Å². The number of thioether (sulfide) groups is 1. The molecule has 2 N–H and O–H groups in total. The monoisotopic (exact) mass is 512 g/mol. The van der Waals surface area contributed by atoms with Crippen LogP contribution in [0.4, 0.5) is 0 Å². The third kappa shape index (κ3) is 4.52. The molecule has 1 aromatic heterocycles. The van der Waals surface area contributed by atoms with Crippen molar-refractivity contribution in [3.63, 3.8) is 0 Å². The number of ether oxygens (including phenoxy) is 1. The zero-order chi connectivity index (χ0) is 25.4. The number of rotatable bonds is 7. The van der Waals surface area contributed by atoms with Crippen LogP contribution in [-0.2, 0) is 14.3 Å². The number of carbonyl (C=O) groups excluding carboxylic acids is 3. The molecule has 0 bridgehead atoms. The summed E-state index contributed by atoms with van der Waals surface area (Å²) in [4.78, 5) is 41.0. The van der Waals surface area contributed by atoms with Gasteiger partial charge in [-0.1, -0.05) is 35.5 Å². The van der Waals surface area contributed by atoms with Crippen LogP contribution in [0.15, 0.2) is 34.9 Å². The Labute approximate surface area is 214 Å². The van der Waals surface area contributed by atoms with Gasteiger partial charge in [0.1, 0.15) is 34.5 Å². The predicted molar refractivity (Wildman–Crippen MR) is 135 cm³/mol. The van der Waals surface area contributed by atoms with Gasteiger partial charge in [0.2, 0.25) is 5.91 Å². The molecule has 192 valence electrons. The van der Waals surface area contributed by atoms with E-state index in [0.29, 0.717) is 29.5 Å². The molecule has 3 aliphatic rings. The Morgan fingerprint density at radius 3 is 2.69 bits per heavy atom. The van der Waals surface area contributed by atoms with Gasteiger partial charge in [0, 0.05) is 10.3 Å². The number of esters is 1. The lowest BCUT2D eigenvalue weighted by Gasteiger charge is -2.43. The van der Waals surface area contributed by atoms with E-state index in [9.17, 15) is 14.4 Å². The van der Waals surface area contributed by atoms with Crippen molar-refractivity contribution in [2.75, 3.05) is 19.7 Å². The second kappa shape index (κ2) is 9.89. The highest BCUT2D eigenvalue weighted by molar-refractivity contribution is 8.01. The minimum Gasteiger partial charge on any atom is -0.464 e. The number of piperidine rings is 1. The largest absolute Gasteiger partial charge is 0.464 e. The molecular formula is C26H32N4O5S. The SMILES string of the molecule is Cc1onc(-c2ccccc2)c1C(=O)N[C@@H]1C(=O)N2[C@@H]1SC(C)(C)[C@@H]2C(=O)OCCC1CCNCC1. The average Bonchev–Trinajstić information content (AvgIpc) is 3.38. The number of nitrogens with zero attached hydrogens (tertiary/aromatic N) is 2. The molecule has 0 spiro atoms. The number of β-lactam (4-membered cyclic amide) rings is 1. The van der Waals surface area contributed by atoms with Gasteiger partial charge in [0.15, 0.2) is 0 Å². The first-order valence-electron chi connectivity index (χ1n) is 12.5. The summed E-state index contributed by atoms with van der Waals surface area (Å²) < 4.78 is 10.4. The summed E-state index contributed by atoms with van der Waals surface area (Å²) in [6.07, 6.45) is 3.02. The fourth-order valence-corrected chi connectivity index (χ4v) is 6.97. The van der Waals surface area contributed by atoms with Gasteiger partial charge in [0.05, 0.1) is 6.61 Å². The van der Waals surface area contributed by atoms with Crippen molar-refractivity contribution in [3.8, 4) is 11.3 Å². The second-order valence-corrected chi connectivity index (χ2v) is 12.0. The number of fused-ring (bicyclic) bond motifs is 1.